The van der Waals surface area contributed by atoms with E-state index < -0.39 is 0 Å². The van der Waals surface area contributed by atoms with Gasteiger partial charge in [-0.2, -0.15) is 0 Å². The zero-order valence-electron chi connectivity index (χ0n) is 14.6. The quantitative estimate of drug-likeness (QED) is 0.916. The van der Waals surface area contributed by atoms with Gasteiger partial charge >= 0.3 is 0 Å². The average Bonchev–Trinajstić information content (AvgIpc) is 2.61. The minimum atomic E-state index is -0.373. The number of amides is 2. The van der Waals surface area contributed by atoms with Gasteiger partial charge in [0.25, 0.3) is 5.91 Å². The molecular formula is C20H21FN2O3. The first-order valence-electron chi connectivity index (χ1n) is 8.56. The molecule has 5 nitrogen and oxygen atoms in total. The van der Waals surface area contributed by atoms with Crippen LogP contribution in [0, 0.1) is 5.82 Å². The monoisotopic (exact) mass is 356 g/mol. The van der Waals surface area contributed by atoms with Gasteiger partial charge in [0, 0.05) is 24.3 Å². The molecule has 0 radical (unpaired) electrons. The smallest absolute Gasteiger partial charge is 0.254 e. The van der Waals surface area contributed by atoms with Crippen LogP contribution in [0.1, 0.15) is 22.8 Å². The van der Waals surface area contributed by atoms with E-state index in [1.165, 1.54) is 12.1 Å². The Kier molecular flexibility index (Phi) is 5.63. The molecule has 2 aromatic rings. The molecule has 1 unspecified atom stereocenters. The van der Waals surface area contributed by atoms with Crippen molar-refractivity contribution in [3.05, 3.63) is 65.5 Å². The van der Waals surface area contributed by atoms with Gasteiger partial charge in [-0.1, -0.05) is 18.2 Å². The number of halogens is 1. The van der Waals surface area contributed by atoms with Gasteiger partial charge in [0.1, 0.15) is 5.82 Å². The summed E-state index contributed by atoms with van der Waals surface area (Å²) in [5.41, 5.74) is 1.65. The molecule has 1 aliphatic heterocycles. The van der Waals surface area contributed by atoms with Crippen LogP contribution in [-0.2, 0) is 16.0 Å². The second kappa shape index (κ2) is 8.10. The lowest BCUT2D eigenvalue weighted by molar-refractivity contribution is -0.115. The highest BCUT2D eigenvalue weighted by molar-refractivity contribution is 5.97. The lowest BCUT2D eigenvalue weighted by Gasteiger charge is -2.31. The molecular weight excluding hydrogens is 335 g/mol. The summed E-state index contributed by atoms with van der Waals surface area (Å²) in [6.07, 6.45) is 0.0820. The lowest BCUT2D eigenvalue weighted by Crippen LogP contribution is -2.44. The van der Waals surface area contributed by atoms with Crippen molar-refractivity contribution in [1.82, 2.24) is 4.90 Å². The van der Waals surface area contributed by atoms with E-state index >= 15 is 0 Å². The van der Waals surface area contributed by atoms with E-state index in [-0.39, 0.29) is 30.2 Å². The van der Waals surface area contributed by atoms with Crippen LogP contribution in [0.2, 0.25) is 0 Å². The van der Waals surface area contributed by atoms with Gasteiger partial charge in [-0.05, 0) is 42.8 Å². The zero-order valence-corrected chi connectivity index (χ0v) is 14.6. The maximum Gasteiger partial charge on any atom is 0.254 e. The fourth-order valence-electron chi connectivity index (χ4n) is 2.95. The van der Waals surface area contributed by atoms with E-state index in [1.54, 1.807) is 41.3 Å². The number of hydrogen-bond acceptors (Lipinski definition) is 3. The maximum absolute atomic E-state index is 13.2. The Morgan fingerprint density at radius 1 is 1.23 bits per heavy atom. The van der Waals surface area contributed by atoms with Gasteiger partial charge in [0.05, 0.1) is 19.1 Å². The molecule has 2 aromatic carbocycles. The normalized spacial score (nSPS) is 17.0. The Morgan fingerprint density at radius 2 is 2.04 bits per heavy atom. The van der Waals surface area contributed by atoms with Crippen LogP contribution >= 0.6 is 0 Å². The first-order valence-corrected chi connectivity index (χ1v) is 8.56. The number of nitrogens with zero attached hydrogens (tertiary/aromatic N) is 1. The van der Waals surface area contributed by atoms with E-state index in [9.17, 15) is 14.0 Å². The van der Waals surface area contributed by atoms with Crippen molar-refractivity contribution in [2.24, 2.45) is 0 Å². The SMILES string of the molecule is CC1CN(C(=O)c2cccc(NC(=O)Cc3cccc(F)c3)c2)CCO1. The molecule has 6 heteroatoms. The molecule has 1 N–H and O–H groups in total. The van der Waals surface area contributed by atoms with Gasteiger partial charge in [0.15, 0.2) is 0 Å². The molecule has 0 saturated carbocycles. The van der Waals surface area contributed by atoms with Gasteiger partial charge in [-0.25, -0.2) is 4.39 Å². The van der Waals surface area contributed by atoms with Crippen LogP contribution in [0.5, 0.6) is 0 Å². The summed E-state index contributed by atoms with van der Waals surface area (Å²) in [4.78, 5) is 26.6. The number of ether oxygens (including phenoxy) is 1. The summed E-state index contributed by atoms with van der Waals surface area (Å²) >= 11 is 0. The van der Waals surface area contributed by atoms with Crippen molar-refractivity contribution < 1.29 is 18.7 Å². The number of hydrogen-bond donors (Lipinski definition) is 1. The summed E-state index contributed by atoms with van der Waals surface area (Å²) in [5, 5.41) is 2.76. The Hall–Kier alpha value is -2.73. The predicted octanol–water partition coefficient (Wildman–Crippen LogP) is 2.87. The van der Waals surface area contributed by atoms with Crippen LogP contribution in [0.4, 0.5) is 10.1 Å². The lowest BCUT2D eigenvalue weighted by atomic mass is 10.1. The third-order valence-electron chi connectivity index (χ3n) is 4.18. The highest BCUT2D eigenvalue weighted by Crippen LogP contribution is 2.16. The number of morpholine rings is 1. The molecule has 1 heterocycles. The van der Waals surface area contributed by atoms with Crippen LogP contribution in [0.3, 0.4) is 0 Å². The summed E-state index contributed by atoms with van der Waals surface area (Å²) in [6, 6.07) is 12.8. The molecule has 0 bridgehead atoms. The first kappa shape index (κ1) is 18.1. The minimum absolute atomic E-state index is 0.0156. The van der Waals surface area contributed by atoms with Crippen molar-refractivity contribution in [3.8, 4) is 0 Å². The number of anilines is 1. The van der Waals surface area contributed by atoms with Gasteiger partial charge in [-0.3, -0.25) is 9.59 Å². The van der Waals surface area contributed by atoms with Gasteiger partial charge in [0.2, 0.25) is 5.91 Å². The minimum Gasteiger partial charge on any atom is -0.375 e. The van der Waals surface area contributed by atoms with Crippen molar-refractivity contribution in [2.45, 2.75) is 19.4 Å². The Bertz CT molecular complexity index is 809. The van der Waals surface area contributed by atoms with Crippen molar-refractivity contribution in [1.29, 1.82) is 0 Å². The van der Waals surface area contributed by atoms with Crippen LogP contribution in [-0.4, -0.2) is 42.5 Å². The fourth-order valence-corrected chi connectivity index (χ4v) is 2.95. The predicted molar refractivity (Wildman–Crippen MR) is 96.5 cm³/mol. The average molecular weight is 356 g/mol. The van der Waals surface area contributed by atoms with Gasteiger partial charge in [-0.15, -0.1) is 0 Å². The van der Waals surface area contributed by atoms with E-state index in [0.717, 1.165) is 0 Å². The molecule has 1 atom stereocenters. The summed E-state index contributed by atoms with van der Waals surface area (Å²) < 4.78 is 18.7. The molecule has 26 heavy (non-hydrogen) atoms. The third-order valence-corrected chi connectivity index (χ3v) is 4.18. The number of benzene rings is 2. The third kappa shape index (κ3) is 4.67. The van der Waals surface area contributed by atoms with E-state index in [2.05, 4.69) is 5.32 Å². The fraction of sp³-hybridized carbons (Fsp3) is 0.300. The van der Waals surface area contributed by atoms with Crippen molar-refractivity contribution >= 4 is 17.5 Å². The Balaban J connectivity index is 1.65. The summed E-state index contributed by atoms with van der Waals surface area (Å²) in [7, 11) is 0. The largest absolute Gasteiger partial charge is 0.375 e. The van der Waals surface area contributed by atoms with Crippen LogP contribution in [0.15, 0.2) is 48.5 Å². The topological polar surface area (TPSA) is 58.6 Å². The molecule has 136 valence electrons. The molecule has 1 aliphatic rings. The second-order valence-corrected chi connectivity index (χ2v) is 6.37. The molecule has 1 fully saturated rings. The van der Waals surface area contributed by atoms with E-state index in [0.29, 0.717) is 36.5 Å². The molecule has 2 amide bonds. The number of nitrogens with one attached hydrogen (secondary N) is 1. The standard InChI is InChI=1S/C20H21FN2O3/c1-14-13-23(8-9-26-14)20(25)16-5-3-7-18(12-16)22-19(24)11-15-4-2-6-17(21)10-15/h2-7,10,12,14H,8-9,11,13H2,1H3,(H,22,24). The highest BCUT2D eigenvalue weighted by Gasteiger charge is 2.22. The zero-order chi connectivity index (χ0) is 18.5. The first-order chi connectivity index (χ1) is 12.5. The molecule has 0 spiro atoms. The highest BCUT2D eigenvalue weighted by atomic mass is 19.1. The summed E-state index contributed by atoms with van der Waals surface area (Å²) in [6.45, 7) is 3.56. The molecule has 0 aromatic heterocycles. The van der Waals surface area contributed by atoms with E-state index in [4.69, 9.17) is 4.74 Å². The molecule has 0 aliphatic carbocycles. The van der Waals surface area contributed by atoms with E-state index in [1.807, 2.05) is 6.92 Å². The van der Waals surface area contributed by atoms with Gasteiger partial charge < -0.3 is 15.0 Å². The van der Waals surface area contributed by atoms with Crippen LogP contribution in [0.25, 0.3) is 0 Å². The van der Waals surface area contributed by atoms with Crippen LogP contribution < -0.4 is 5.32 Å². The Labute approximate surface area is 151 Å². The number of carbonyl (C=O) groups excluding carboxylic acids is 2. The number of carbonyl (C=O) groups is 2. The van der Waals surface area contributed by atoms with Crippen molar-refractivity contribution in [3.63, 3.8) is 0 Å². The molecule has 3 rings (SSSR count). The Morgan fingerprint density at radius 3 is 2.81 bits per heavy atom. The van der Waals surface area contributed by atoms with Crippen molar-refractivity contribution in [2.75, 3.05) is 25.0 Å². The number of rotatable bonds is 4. The second-order valence-electron chi connectivity index (χ2n) is 6.37. The maximum atomic E-state index is 13.2. The summed E-state index contributed by atoms with van der Waals surface area (Å²) in [5.74, 6) is -0.718. The molecule has 1 saturated heterocycles.